The molecule has 1 saturated heterocycles. The van der Waals surface area contributed by atoms with Gasteiger partial charge in [-0.15, -0.1) is 0 Å². The first-order valence-corrected chi connectivity index (χ1v) is 10.7. The highest BCUT2D eigenvalue weighted by molar-refractivity contribution is 5.82. The summed E-state index contributed by atoms with van der Waals surface area (Å²) in [5.41, 5.74) is 4.26. The summed E-state index contributed by atoms with van der Waals surface area (Å²) >= 11 is 0. The second kappa shape index (κ2) is 8.46. The van der Waals surface area contributed by atoms with Crippen LogP contribution in [0.2, 0.25) is 0 Å². The molecule has 0 saturated carbocycles. The second-order valence-electron chi connectivity index (χ2n) is 7.97. The van der Waals surface area contributed by atoms with Crippen molar-refractivity contribution in [2.75, 3.05) is 19.7 Å². The highest BCUT2D eigenvalue weighted by Crippen LogP contribution is 2.30. The highest BCUT2D eigenvalue weighted by Gasteiger charge is 2.23. The maximum atomic E-state index is 6.17. The first-order valence-electron chi connectivity index (χ1n) is 10.7. The molecule has 0 amide bonds. The Morgan fingerprint density at radius 2 is 1.87 bits per heavy atom. The van der Waals surface area contributed by atoms with E-state index in [0.717, 1.165) is 61.6 Å². The van der Waals surface area contributed by atoms with Gasteiger partial charge in [-0.05, 0) is 24.1 Å². The Morgan fingerprint density at radius 3 is 2.70 bits per heavy atom. The fourth-order valence-electron chi connectivity index (χ4n) is 4.15. The fraction of sp³-hybridized carbons (Fsp3) is 0.320. The molecular weight excluding hydrogens is 374 g/mol. The van der Waals surface area contributed by atoms with Gasteiger partial charge in [0.1, 0.15) is 11.3 Å². The largest absolute Gasteiger partial charge is 0.454 e. The Bertz CT molecular complexity index is 1080. The van der Waals surface area contributed by atoms with Crippen LogP contribution in [0.3, 0.4) is 0 Å². The average Bonchev–Trinajstić information content (AvgIpc) is 3.38. The molecule has 4 aromatic rings. The maximum Gasteiger partial charge on any atom is 0.156 e. The smallest absolute Gasteiger partial charge is 0.156 e. The van der Waals surface area contributed by atoms with Gasteiger partial charge in [0, 0.05) is 36.8 Å². The molecular formula is C25H27N3O2. The number of benzene rings is 2. The zero-order chi connectivity index (χ0) is 20.3. The van der Waals surface area contributed by atoms with Gasteiger partial charge in [-0.1, -0.05) is 55.5 Å². The SMILES string of the molecule is CC[C@@H]1CN(Cc2cn(Cc3ccccc3)nc2-c2cc3ccccc3o2)CCO1. The number of rotatable bonds is 6. The number of para-hydroxylation sites is 1. The Labute approximate surface area is 176 Å². The van der Waals surface area contributed by atoms with E-state index in [4.69, 9.17) is 14.3 Å². The van der Waals surface area contributed by atoms with Gasteiger partial charge in [0.15, 0.2) is 5.76 Å². The minimum atomic E-state index is 0.313. The molecule has 0 N–H and O–H groups in total. The van der Waals surface area contributed by atoms with Gasteiger partial charge >= 0.3 is 0 Å². The van der Waals surface area contributed by atoms with Gasteiger partial charge in [0.05, 0.1) is 19.3 Å². The van der Waals surface area contributed by atoms with E-state index in [0.29, 0.717) is 6.10 Å². The predicted molar refractivity (Wildman–Crippen MR) is 118 cm³/mol. The van der Waals surface area contributed by atoms with Crippen molar-refractivity contribution in [1.29, 1.82) is 0 Å². The van der Waals surface area contributed by atoms with Crippen molar-refractivity contribution in [1.82, 2.24) is 14.7 Å². The number of nitrogens with zero attached hydrogens (tertiary/aromatic N) is 3. The molecule has 1 aliphatic rings. The molecule has 0 aliphatic carbocycles. The quantitative estimate of drug-likeness (QED) is 0.458. The Hall–Kier alpha value is -2.89. The van der Waals surface area contributed by atoms with E-state index in [1.165, 1.54) is 11.1 Å². The zero-order valence-corrected chi connectivity index (χ0v) is 17.3. The molecule has 2 aromatic carbocycles. The van der Waals surface area contributed by atoms with E-state index in [9.17, 15) is 0 Å². The lowest BCUT2D eigenvalue weighted by Crippen LogP contribution is -2.41. The van der Waals surface area contributed by atoms with E-state index in [2.05, 4.69) is 54.4 Å². The summed E-state index contributed by atoms with van der Waals surface area (Å²) in [4.78, 5) is 2.47. The minimum Gasteiger partial charge on any atom is -0.454 e. The van der Waals surface area contributed by atoms with Crippen molar-refractivity contribution < 1.29 is 9.15 Å². The van der Waals surface area contributed by atoms with Gasteiger partial charge in [-0.3, -0.25) is 9.58 Å². The molecule has 0 unspecified atom stereocenters. The first-order chi connectivity index (χ1) is 14.8. The lowest BCUT2D eigenvalue weighted by atomic mass is 10.1. The van der Waals surface area contributed by atoms with Crippen LogP contribution in [0.15, 0.2) is 71.3 Å². The molecule has 30 heavy (non-hydrogen) atoms. The minimum absolute atomic E-state index is 0.313. The van der Waals surface area contributed by atoms with Crippen molar-refractivity contribution in [3.05, 3.63) is 78.0 Å². The monoisotopic (exact) mass is 401 g/mol. The normalized spacial score (nSPS) is 17.6. The number of furan rings is 1. The summed E-state index contributed by atoms with van der Waals surface area (Å²) in [6.07, 6.45) is 3.53. The Morgan fingerprint density at radius 1 is 1.03 bits per heavy atom. The fourth-order valence-corrected chi connectivity index (χ4v) is 4.15. The van der Waals surface area contributed by atoms with Gasteiger partial charge in [-0.25, -0.2) is 0 Å². The topological polar surface area (TPSA) is 43.4 Å². The van der Waals surface area contributed by atoms with Crippen LogP contribution in [-0.4, -0.2) is 40.5 Å². The van der Waals surface area contributed by atoms with Gasteiger partial charge in [-0.2, -0.15) is 5.10 Å². The van der Waals surface area contributed by atoms with Crippen LogP contribution >= 0.6 is 0 Å². The Balaban J connectivity index is 1.48. The molecule has 5 nitrogen and oxygen atoms in total. The second-order valence-corrected chi connectivity index (χ2v) is 7.97. The number of hydrogen-bond acceptors (Lipinski definition) is 4. The molecule has 154 valence electrons. The molecule has 0 radical (unpaired) electrons. The van der Waals surface area contributed by atoms with Crippen molar-refractivity contribution in [3.63, 3.8) is 0 Å². The molecule has 0 spiro atoms. The number of morpholine rings is 1. The van der Waals surface area contributed by atoms with Crippen LogP contribution in [0, 0.1) is 0 Å². The first kappa shape index (κ1) is 19.1. The molecule has 3 heterocycles. The highest BCUT2D eigenvalue weighted by atomic mass is 16.5. The standard InChI is InChI=1S/C25H27N3O2/c1-2-22-18-27(12-13-29-22)16-21-17-28(15-19-8-4-3-5-9-19)26-25(21)24-14-20-10-6-7-11-23(20)30-24/h3-11,14,17,22H,2,12-13,15-16,18H2,1H3/t22-/m1/s1. The van der Waals surface area contributed by atoms with Crippen LogP contribution in [0.1, 0.15) is 24.5 Å². The summed E-state index contributed by atoms with van der Waals surface area (Å²) in [7, 11) is 0. The third-order valence-electron chi connectivity index (χ3n) is 5.76. The van der Waals surface area contributed by atoms with E-state index < -0.39 is 0 Å². The van der Waals surface area contributed by atoms with Crippen LogP contribution in [0.4, 0.5) is 0 Å². The van der Waals surface area contributed by atoms with E-state index in [1.807, 2.05) is 28.9 Å². The van der Waals surface area contributed by atoms with E-state index in [1.54, 1.807) is 0 Å². The number of ether oxygens (including phenoxy) is 1. The molecule has 1 fully saturated rings. The molecule has 1 aliphatic heterocycles. The molecule has 2 aromatic heterocycles. The molecule has 0 bridgehead atoms. The number of fused-ring (bicyclic) bond motifs is 1. The lowest BCUT2D eigenvalue weighted by molar-refractivity contribution is -0.0324. The van der Waals surface area contributed by atoms with Gasteiger partial charge in [0.25, 0.3) is 0 Å². The molecule has 1 atom stereocenters. The summed E-state index contributed by atoms with van der Waals surface area (Å²) in [5, 5.41) is 6.05. The summed E-state index contributed by atoms with van der Waals surface area (Å²) < 4.78 is 14.1. The van der Waals surface area contributed by atoms with E-state index >= 15 is 0 Å². The summed E-state index contributed by atoms with van der Waals surface area (Å²) in [5.74, 6) is 0.832. The van der Waals surface area contributed by atoms with Gasteiger partial charge < -0.3 is 9.15 Å². The predicted octanol–water partition coefficient (Wildman–Crippen LogP) is 4.96. The van der Waals surface area contributed by atoms with Crippen molar-refractivity contribution in [2.45, 2.75) is 32.5 Å². The lowest BCUT2D eigenvalue weighted by Gasteiger charge is -2.32. The van der Waals surface area contributed by atoms with Crippen LogP contribution in [0.5, 0.6) is 0 Å². The summed E-state index contributed by atoms with van der Waals surface area (Å²) in [6, 6.07) is 20.7. The molecule has 5 rings (SSSR count). The molecule has 5 heteroatoms. The van der Waals surface area contributed by atoms with Crippen LogP contribution in [-0.2, 0) is 17.8 Å². The van der Waals surface area contributed by atoms with Crippen LogP contribution < -0.4 is 0 Å². The average molecular weight is 402 g/mol. The zero-order valence-electron chi connectivity index (χ0n) is 17.3. The van der Waals surface area contributed by atoms with Crippen molar-refractivity contribution >= 4 is 11.0 Å². The number of hydrogen-bond donors (Lipinski definition) is 0. The summed E-state index contributed by atoms with van der Waals surface area (Å²) in [6.45, 7) is 6.47. The van der Waals surface area contributed by atoms with Crippen molar-refractivity contribution in [3.8, 4) is 11.5 Å². The van der Waals surface area contributed by atoms with Gasteiger partial charge in [0.2, 0.25) is 0 Å². The Kier molecular flexibility index (Phi) is 5.39. The van der Waals surface area contributed by atoms with E-state index in [-0.39, 0.29) is 0 Å². The number of aromatic nitrogens is 2. The third-order valence-corrected chi connectivity index (χ3v) is 5.76. The maximum absolute atomic E-state index is 6.17. The third kappa shape index (κ3) is 4.04. The van der Waals surface area contributed by atoms with Crippen LogP contribution in [0.25, 0.3) is 22.4 Å². The van der Waals surface area contributed by atoms with Crippen molar-refractivity contribution in [2.24, 2.45) is 0 Å².